The predicted molar refractivity (Wildman–Crippen MR) is 91.5 cm³/mol. The Balaban J connectivity index is 1.73. The van der Waals surface area contributed by atoms with E-state index in [1.165, 1.54) is 12.1 Å². The topological polar surface area (TPSA) is 49.4 Å². The quantitative estimate of drug-likeness (QED) is 0.831. The molecule has 1 saturated heterocycles. The Morgan fingerprint density at radius 2 is 1.96 bits per heavy atom. The number of imide groups is 1. The van der Waals surface area contributed by atoms with Gasteiger partial charge in [0.15, 0.2) is 0 Å². The average molecular weight is 359 g/mol. The van der Waals surface area contributed by atoms with E-state index < -0.39 is 17.4 Å². The Kier molecular flexibility index (Phi) is 3.76. The Morgan fingerprint density at radius 3 is 2.76 bits per heavy atom. The van der Waals surface area contributed by atoms with Crippen molar-refractivity contribution >= 4 is 23.5 Å². The van der Waals surface area contributed by atoms with Crippen LogP contribution in [-0.2, 0) is 23.3 Å². The molecule has 4 rings (SSSR count). The summed E-state index contributed by atoms with van der Waals surface area (Å²) in [5, 5.41) is 3.06. The Morgan fingerprint density at radius 1 is 1.16 bits per heavy atom. The first kappa shape index (κ1) is 16.1. The Bertz CT molecular complexity index is 865. The summed E-state index contributed by atoms with van der Waals surface area (Å²) in [5.74, 6) is -0.873. The molecule has 3 amide bonds. The third-order valence-corrected chi connectivity index (χ3v) is 5.38. The Labute approximate surface area is 149 Å². The van der Waals surface area contributed by atoms with Gasteiger partial charge in [0.25, 0.3) is 5.91 Å². The molecule has 2 aromatic rings. The first-order valence-electron chi connectivity index (χ1n) is 8.18. The van der Waals surface area contributed by atoms with Crippen LogP contribution in [0.3, 0.4) is 0 Å². The zero-order valence-corrected chi connectivity index (χ0v) is 14.1. The van der Waals surface area contributed by atoms with Crippen molar-refractivity contribution in [3.8, 4) is 0 Å². The number of benzene rings is 2. The van der Waals surface area contributed by atoms with Crippen molar-refractivity contribution in [1.82, 2.24) is 10.2 Å². The minimum absolute atomic E-state index is 0.147. The van der Waals surface area contributed by atoms with Crippen molar-refractivity contribution in [3.63, 3.8) is 0 Å². The van der Waals surface area contributed by atoms with Gasteiger partial charge in [0.05, 0.1) is 6.54 Å². The molecular weight excluding hydrogens is 343 g/mol. The van der Waals surface area contributed by atoms with E-state index in [2.05, 4.69) is 5.32 Å². The van der Waals surface area contributed by atoms with Gasteiger partial charge in [0.1, 0.15) is 11.4 Å². The summed E-state index contributed by atoms with van der Waals surface area (Å²) >= 11 is 6.05. The van der Waals surface area contributed by atoms with Crippen LogP contribution in [0, 0.1) is 5.82 Å². The fraction of sp³-hybridized carbons (Fsp3) is 0.263. The number of nitrogens with one attached hydrogen (secondary N) is 1. The van der Waals surface area contributed by atoms with E-state index in [1.54, 1.807) is 6.07 Å². The normalized spacial score (nSPS) is 22.2. The van der Waals surface area contributed by atoms with Crippen LogP contribution in [0.15, 0.2) is 42.5 Å². The maximum atomic E-state index is 14.1. The lowest BCUT2D eigenvalue weighted by atomic mass is 9.76. The van der Waals surface area contributed by atoms with E-state index in [9.17, 15) is 14.0 Å². The monoisotopic (exact) mass is 358 g/mol. The maximum Gasteiger partial charge on any atom is 0.325 e. The van der Waals surface area contributed by atoms with Crippen molar-refractivity contribution in [3.05, 3.63) is 70.0 Å². The summed E-state index contributed by atoms with van der Waals surface area (Å²) in [4.78, 5) is 26.7. The van der Waals surface area contributed by atoms with Crippen molar-refractivity contribution in [2.75, 3.05) is 0 Å². The minimum atomic E-state index is -1.05. The zero-order chi connectivity index (χ0) is 17.6. The molecule has 0 radical (unpaired) electrons. The molecule has 128 valence electrons. The molecule has 2 aliphatic rings. The SMILES string of the molecule is O=C1NC2(CCCc3ccccc32)C(=O)N1Cc1c(F)cccc1Cl. The van der Waals surface area contributed by atoms with Gasteiger partial charge < -0.3 is 5.32 Å². The van der Waals surface area contributed by atoms with Gasteiger partial charge in [-0.15, -0.1) is 0 Å². The van der Waals surface area contributed by atoms with Crippen molar-refractivity contribution in [2.45, 2.75) is 31.3 Å². The lowest BCUT2D eigenvalue weighted by Crippen LogP contribution is -2.46. The van der Waals surface area contributed by atoms with E-state index in [-0.39, 0.29) is 23.0 Å². The second kappa shape index (κ2) is 5.85. The molecule has 1 aliphatic carbocycles. The number of aryl methyl sites for hydroxylation is 1. The summed E-state index contributed by atoms with van der Waals surface area (Å²) in [5.41, 5.74) is 0.993. The highest BCUT2D eigenvalue weighted by Gasteiger charge is 2.53. The first-order valence-corrected chi connectivity index (χ1v) is 8.56. The number of rotatable bonds is 2. The molecule has 1 spiro atoms. The molecule has 1 unspecified atom stereocenters. The lowest BCUT2D eigenvalue weighted by Gasteiger charge is -2.33. The fourth-order valence-electron chi connectivity index (χ4n) is 3.80. The van der Waals surface area contributed by atoms with E-state index in [1.807, 2.05) is 24.3 Å². The number of amides is 3. The van der Waals surface area contributed by atoms with E-state index >= 15 is 0 Å². The second-order valence-corrected chi connectivity index (χ2v) is 6.84. The third-order valence-electron chi connectivity index (χ3n) is 5.03. The number of nitrogens with zero attached hydrogens (tertiary/aromatic N) is 1. The molecule has 0 bridgehead atoms. The molecule has 1 N–H and O–H groups in total. The second-order valence-electron chi connectivity index (χ2n) is 6.44. The lowest BCUT2D eigenvalue weighted by molar-refractivity contribution is -0.132. The van der Waals surface area contributed by atoms with Gasteiger partial charge in [-0.3, -0.25) is 9.69 Å². The van der Waals surface area contributed by atoms with Crippen LogP contribution in [0.4, 0.5) is 9.18 Å². The van der Waals surface area contributed by atoms with Crippen LogP contribution < -0.4 is 5.32 Å². The van der Waals surface area contributed by atoms with Crippen LogP contribution in [0.25, 0.3) is 0 Å². The van der Waals surface area contributed by atoms with Crippen LogP contribution in [-0.4, -0.2) is 16.8 Å². The maximum absolute atomic E-state index is 14.1. The number of carbonyl (C=O) groups excluding carboxylic acids is 2. The summed E-state index contributed by atoms with van der Waals surface area (Å²) in [6, 6.07) is 11.4. The molecule has 0 saturated carbocycles. The molecule has 1 atom stereocenters. The number of carbonyl (C=O) groups is 2. The van der Waals surface area contributed by atoms with Crippen LogP contribution in [0.2, 0.25) is 5.02 Å². The smallest absolute Gasteiger partial charge is 0.319 e. The number of urea groups is 1. The van der Waals surface area contributed by atoms with Crippen molar-refractivity contribution in [1.29, 1.82) is 0 Å². The third kappa shape index (κ3) is 2.42. The van der Waals surface area contributed by atoms with Gasteiger partial charge in [-0.2, -0.15) is 0 Å². The summed E-state index contributed by atoms with van der Waals surface area (Å²) in [6.45, 7) is -0.180. The van der Waals surface area contributed by atoms with Crippen LogP contribution in [0.5, 0.6) is 0 Å². The van der Waals surface area contributed by atoms with Gasteiger partial charge in [-0.25, -0.2) is 9.18 Å². The predicted octanol–water partition coefficient (Wildman–Crippen LogP) is 3.76. The standard InChI is InChI=1S/C19H16ClFN2O2/c20-15-8-3-9-16(21)13(15)11-23-17(24)19(22-18(23)25)10-4-6-12-5-1-2-7-14(12)19/h1-3,5,7-9H,4,6,10-11H2,(H,22,25). The largest absolute Gasteiger partial charge is 0.325 e. The molecule has 1 fully saturated rings. The number of hydrogen-bond acceptors (Lipinski definition) is 2. The average Bonchev–Trinajstić information content (AvgIpc) is 2.83. The molecule has 1 aliphatic heterocycles. The van der Waals surface area contributed by atoms with Crippen molar-refractivity contribution in [2.24, 2.45) is 0 Å². The zero-order valence-electron chi connectivity index (χ0n) is 13.4. The Hall–Kier alpha value is -2.40. The molecule has 1 heterocycles. The first-order chi connectivity index (χ1) is 12.0. The fourth-order valence-corrected chi connectivity index (χ4v) is 4.02. The van der Waals surface area contributed by atoms with Gasteiger partial charge in [-0.05, 0) is 42.5 Å². The van der Waals surface area contributed by atoms with E-state index in [0.717, 1.165) is 28.9 Å². The van der Waals surface area contributed by atoms with Crippen LogP contribution >= 0.6 is 11.6 Å². The summed E-state index contributed by atoms with van der Waals surface area (Å²) in [7, 11) is 0. The molecular formula is C19H16ClFN2O2. The summed E-state index contributed by atoms with van der Waals surface area (Å²) in [6.07, 6.45) is 2.22. The van der Waals surface area contributed by atoms with Gasteiger partial charge >= 0.3 is 6.03 Å². The van der Waals surface area contributed by atoms with E-state index in [0.29, 0.717) is 6.42 Å². The number of halogens is 2. The minimum Gasteiger partial charge on any atom is -0.319 e. The van der Waals surface area contributed by atoms with E-state index in [4.69, 9.17) is 11.6 Å². The highest BCUT2D eigenvalue weighted by atomic mass is 35.5. The number of fused-ring (bicyclic) bond motifs is 2. The van der Waals surface area contributed by atoms with Crippen molar-refractivity contribution < 1.29 is 14.0 Å². The molecule has 0 aromatic heterocycles. The van der Waals surface area contributed by atoms with Crippen LogP contribution in [0.1, 0.15) is 29.5 Å². The van der Waals surface area contributed by atoms with Gasteiger partial charge in [0.2, 0.25) is 0 Å². The highest BCUT2D eigenvalue weighted by molar-refractivity contribution is 6.31. The summed E-state index contributed by atoms with van der Waals surface area (Å²) < 4.78 is 14.1. The molecule has 6 heteroatoms. The molecule has 2 aromatic carbocycles. The molecule has 25 heavy (non-hydrogen) atoms. The van der Waals surface area contributed by atoms with Gasteiger partial charge in [0, 0.05) is 10.6 Å². The van der Waals surface area contributed by atoms with Gasteiger partial charge in [-0.1, -0.05) is 41.9 Å². The number of hydrogen-bond donors (Lipinski definition) is 1. The highest BCUT2D eigenvalue weighted by Crippen LogP contribution is 2.40. The molecule has 4 nitrogen and oxygen atoms in total.